The van der Waals surface area contributed by atoms with E-state index in [2.05, 4.69) is 13.0 Å². The second-order valence-electron chi connectivity index (χ2n) is 9.11. The standard InChI is InChI=1S/C28H29ClN4O2/c1-2-3-9-24-18-32(19-25(34)15-21(17-30)14-20-7-5-4-6-8-20)28(35)27-16-26(31-33(24)27)22-10-12-23(29)13-11-22/h4-8,10-13,16,21,24H,2-3,9,14-15,18-19H2,1H3. The first kappa shape index (κ1) is 24.7. The second kappa shape index (κ2) is 11.3. The Labute approximate surface area is 211 Å². The number of benzene rings is 2. The van der Waals surface area contributed by atoms with Gasteiger partial charge in [-0.3, -0.25) is 14.3 Å². The second-order valence-corrected chi connectivity index (χ2v) is 9.54. The van der Waals surface area contributed by atoms with Crippen molar-refractivity contribution < 1.29 is 9.59 Å². The molecule has 0 spiro atoms. The van der Waals surface area contributed by atoms with Crippen LogP contribution in [0, 0.1) is 17.2 Å². The number of amides is 1. The Kier molecular flexibility index (Phi) is 7.99. The fourth-order valence-electron chi connectivity index (χ4n) is 4.57. The lowest BCUT2D eigenvalue weighted by molar-refractivity contribution is -0.120. The number of unbranched alkanes of at least 4 members (excludes halogenated alkanes) is 1. The van der Waals surface area contributed by atoms with E-state index in [1.54, 1.807) is 23.1 Å². The quantitative estimate of drug-likeness (QED) is 0.365. The van der Waals surface area contributed by atoms with Crippen LogP contribution in [0.1, 0.15) is 54.7 Å². The maximum absolute atomic E-state index is 13.3. The van der Waals surface area contributed by atoms with Crippen LogP contribution in [-0.2, 0) is 11.2 Å². The number of aromatic nitrogens is 2. The SMILES string of the molecule is CCCCC1CN(CC(=O)CC(C#N)Cc2ccccc2)C(=O)c2cc(-c3ccc(Cl)cc3)nn21. The molecule has 0 bridgehead atoms. The molecule has 0 aliphatic carbocycles. The Hall–Kier alpha value is -3.43. The highest BCUT2D eigenvalue weighted by Gasteiger charge is 2.34. The molecule has 1 aliphatic rings. The molecule has 0 radical (unpaired) electrons. The minimum Gasteiger partial charge on any atom is -0.328 e. The lowest BCUT2D eigenvalue weighted by atomic mass is 9.95. The number of carbonyl (C=O) groups excluding carboxylic acids is 2. The number of Topliss-reactive ketones (excluding diaryl/α,β-unsaturated/α-hetero) is 1. The third-order valence-electron chi connectivity index (χ3n) is 6.40. The molecule has 0 saturated heterocycles. The predicted molar refractivity (Wildman–Crippen MR) is 136 cm³/mol. The van der Waals surface area contributed by atoms with E-state index in [9.17, 15) is 14.9 Å². The maximum atomic E-state index is 13.3. The fourth-order valence-corrected chi connectivity index (χ4v) is 4.70. The van der Waals surface area contributed by atoms with Gasteiger partial charge in [0.25, 0.3) is 5.91 Å². The number of halogens is 1. The van der Waals surface area contributed by atoms with Crippen LogP contribution in [0.5, 0.6) is 0 Å². The van der Waals surface area contributed by atoms with Crippen LogP contribution in [0.25, 0.3) is 11.3 Å². The summed E-state index contributed by atoms with van der Waals surface area (Å²) in [5.74, 6) is -0.709. The van der Waals surface area contributed by atoms with Gasteiger partial charge in [0.15, 0.2) is 5.78 Å². The molecular weight excluding hydrogens is 460 g/mol. The molecule has 2 heterocycles. The smallest absolute Gasteiger partial charge is 0.272 e. The first-order chi connectivity index (χ1) is 17.0. The van der Waals surface area contributed by atoms with Crippen molar-refractivity contribution in [3.63, 3.8) is 0 Å². The summed E-state index contributed by atoms with van der Waals surface area (Å²) >= 11 is 6.02. The molecular formula is C28H29ClN4O2. The van der Waals surface area contributed by atoms with Crippen LogP contribution < -0.4 is 0 Å². The molecule has 2 atom stereocenters. The van der Waals surface area contributed by atoms with Crippen LogP contribution in [0.2, 0.25) is 5.02 Å². The third kappa shape index (κ3) is 5.98. The van der Waals surface area contributed by atoms with Crippen LogP contribution >= 0.6 is 11.6 Å². The number of ketones is 1. The number of hydrogen-bond acceptors (Lipinski definition) is 4. The van der Waals surface area contributed by atoms with Crippen LogP contribution in [0.3, 0.4) is 0 Å². The predicted octanol–water partition coefficient (Wildman–Crippen LogP) is 5.73. The van der Waals surface area contributed by atoms with Crippen molar-refractivity contribution >= 4 is 23.3 Å². The molecule has 1 aromatic heterocycles. The highest BCUT2D eigenvalue weighted by molar-refractivity contribution is 6.30. The summed E-state index contributed by atoms with van der Waals surface area (Å²) in [5, 5.41) is 15.0. The molecule has 1 amide bonds. The van der Waals surface area contributed by atoms with E-state index in [1.165, 1.54) is 0 Å². The van der Waals surface area contributed by atoms with Gasteiger partial charge in [-0.05, 0) is 36.6 Å². The Morgan fingerprint density at radius 2 is 1.94 bits per heavy atom. The Balaban J connectivity index is 1.50. The molecule has 1 aliphatic heterocycles. The minimum absolute atomic E-state index is 0.00702. The lowest BCUT2D eigenvalue weighted by Gasteiger charge is -2.33. The maximum Gasteiger partial charge on any atom is 0.272 e. The zero-order valence-electron chi connectivity index (χ0n) is 19.9. The molecule has 35 heavy (non-hydrogen) atoms. The van der Waals surface area contributed by atoms with Gasteiger partial charge in [-0.15, -0.1) is 0 Å². The van der Waals surface area contributed by atoms with Crippen molar-refractivity contribution in [3.05, 3.63) is 76.9 Å². The normalized spacial score (nSPS) is 16.0. The zero-order chi connectivity index (χ0) is 24.8. The average Bonchev–Trinajstić information content (AvgIpc) is 3.32. The molecule has 0 fully saturated rings. The van der Waals surface area contributed by atoms with Crippen molar-refractivity contribution in [2.24, 2.45) is 5.92 Å². The van der Waals surface area contributed by atoms with E-state index in [4.69, 9.17) is 16.7 Å². The monoisotopic (exact) mass is 488 g/mol. The van der Waals surface area contributed by atoms with Gasteiger partial charge in [0.2, 0.25) is 0 Å². The molecule has 0 saturated carbocycles. The summed E-state index contributed by atoms with van der Waals surface area (Å²) in [6, 6.07) is 21.1. The van der Waals surface area contributed by atoms with Gasteiger partial charge >= 0.3 is 0 Å². The largest absolute Gasteiger partial charge is 0.328 e. The summed E-state index contributed by atoms with van der Waals surface area (Å²) < 4.78 is 1.83. The summed E-state index contributed by atoms with van der Waals surface area (Å²) in [5.41, 5.74) is 3.13. The first-order valence-corrected chi connectivity index (χ1v) is 12.5. The summed E-state index contributed by atoms with van der Waals surface area (Å²) in [4.78, 5) is 27.9. The Morgan fingerprint density at radius 1 is 1.20 bits per heavy atom. The van der Waals surface area contributed by atoms with E-state index in [0.717, 1.165) is 30.4 Å². The van der Waals surface area contributed by atoms with Gasteiger partial charge < -0.3 is 4.90 Å². The van der Waals surface area contributed by atoms with Gasteiger partial charge in [0.1, 0.15) is 5.69 Å². The molecule has 4 rings (SSSR count). The summed E-state index contributed by atoms with van der Waals surface area (Å²) in [6.07, 6.45) is 3.56. The van der Waals surface area contributed by atoms with Crippen molar-refractivity contribution in [1.29, 1.82) is 5.26 Å². The van der Waals surface area contributed by atoms with Crippen LogP contribution in [-0.4, -0.2) is 39.5 Å². The van der Waals surface area contributed by atoms with E-state index >= 15 is 0 Å². The fraction of sp³-hybridized carbons (Fsp3) is 0.357. The van der Waals surface area contributed by atoms with Crippen LogP contribution in [0.4, 0.5) is 0 Å². The average molecular weight is 489 g/mol. The molecule has 7 heteroatoms. The summed E-state index contributed by atoms with van der Waals surface area (Å²) in [7, 11) is 0. The highest BCUT2D eigenvalue weighted by atomic mass is 35.5. The molecule has 0 N–H and O–H groups in total. The van der Waals surface area contributed by atoms with Gasteiger partial charge in [-0.2, -0.15) is 10.4 Å². The molecule has 6 nitrogen and oxygen atoms in total. The van der Waals surface area contributed by atoms with Gasteiger partial charge in [0.05, 0.1) is 30.3 Å². The van der Waals surface area contributed by atoms with Crippen molar-refractivity contribution in [2.75, 3.05) is 13.1 Å². The number of nitrogens with zero attached hydrogens (tertiary/aromatic N) is 4. The number of nitriles is 1. The van der Waals surface area contributed by atoms with Gasteiger partial charge in [-0.25, -0.2) is 0 Å². The Morgan fingerprint density at radius 3 is 2.63 bits per heavy atom. The third-order valence-corrected chi connectivity index (χ3v) is 6.65. The van der Waals surface area contributed by atoms with Crippen molar-refractivity contribution in [2.45, 2.75) is 45.1 Å². The number of rotatable bonds is 10. The van der Waals surface area contributed by atoms with E-state index in [1.807, 2.05) is 47.1 Å². The molecule has 180 valence electrons. The number of fused-ring (bicyclic) bond motifs is 1. The van der Waals surface area contributed by atoms with E-state index in [0.29, 0.717) is 29.4 Å². The van der Waals surface area contributed by atoms with Crippen molar-refractivity contribution in [1.82, 2.24) is 14.7 Å². The van der Waals surface area contributed by atoms with Gasteiger partial charge in [0, 0.05) is 23.6 Å². The molecule has 2 aromatic carbocycles. The first-order valence-electron chi connectivity index (χ1n) is 12.1. The zero-order valence-corrected chi connectivity index (χ0v) is 20.6. The number of carbonyl (C=O) groups is 2. The summed E-state index contributed by atoms with van der Waals surface area (Å²) in [6.45, 7) is 2.58. The number of hydrogen-bond donors (Lipinski definition) is 0. The lowest BCUT2D eigenvalue weighted by Crippen LogP contribution is -2.45. The van der Waals surface area contributed by atoms with Crippen LogP contribution in [0.15, 0.2) is 60.7 Å². The Bertz CT molecular complexity index is 1210. The topological polar surface area (TPSA) is 79.0 Å². The minimum atomic E-state index is -0.414. The molecule has 2 unspecified atom stereocenters. The van der Waals surface area contributed by atoms with Gasteiger partial charge in [-0.1, -0.05) is 73.8 Å². The molecule has 3 aromatic rings. The highest BCUT2D eigenvalue weighted by Crippen LogP contribution is 2.30. The van der Waals surface area contributed by atoms with Crippen molar-refractivity contribution in [3.8, 4) is 17.3 Å². The van der Waals surface area contributed by atoms with E-state index in [-0.39, 0.29) is 30.7 Å². The van der Waals surface area contributed by atoms with E-state index < -0.39 is 5.92 Å².